The molecule has 0 aliphatic carbocycles. The topological polar surface area (TPSA) is 24.5 Å². The lowest BCUT2D eigenvalue weighted by Crippen LogP contribution is -2.34. The van der Waals surface area contributed by atoms with Crippen molar-refractivity contribution >= 4 is 17.3 Å². The van der Waals surface area contributed by atoms with Crippen LogP contribution in [0.1, 0.15) is 13.3 Å². The van der Waals surface area contributed by atoms with Gasteiger partial charge in [0.25, 0.3) is 0 Å². The average Bonchev–Trinajstić information content (AvgIpc) is 2.54. The van der Waals surface area contributed by atoms with Crippen molar-refractivity contribution in [2.45, 2.75) is 19.4 Å². The number of nitrogens with one attached hydrogen (secondary N) is 1. The number of methoxy groups -OCH3 is 1. The molecule has 1 heterocycles. The van der Waals surface area contributed by atoms with Crippen molar-refractivity contribution in [2.75, 3.05) is 31.6 Å². The zero-order valence-corrected chi connectivity index (χ0v) is 11.1. The average molecular weight is 255 g/mol. The van der Waals surface area contributed by atoms with Gasteiger partial charge in [-0.05, 0) is 38.1 Å². The summed E-state index contributed by atoms with van der Waals surface area (Å²) < 4.78 is 5.42. The first-order valence-electron chi connectivity index (χ1n) is 6.03. The summed E-state index contributed by atoms with van der Waals surface area (Å²) in [4.78, 5) is 2.37. The Morgan fingerprint density at radius 2 is 2.24 bits per heavy atom. The number of anilines is 1. The molecule has 2 rings (SSSR count). The van der Waals surface area contributed by atoms with Gasteiger partial charge in [0.1, 0.15) is 5.75 Å². The fourth-order valence-corrected chi connectivity index (χ4v) is 2.42. The highest BCUT2D eigenvalue weighted by atomic mass is 35.5. The molecule has 0 saturated carbocycles. The fourth-order valence-electron chi connectivity index (χ4n) is 2.26. The van der Waals surface area contributed by atoms with E-state index in [1.54, 1.807) is 7.11 Å². The Morgan fingerprint density at radius 3 is 3.00 bits per heavy atom. The number of benzene rings is 1. The van der Waals surface area contributed by atoms with E-state index in [9.17, 15) is 0 Å². The van der Waals surface area contributed by atoms with Crippen LogP contribution >= 0.6 is 11.6 Å². The molecule has 1 N–H and O–H groups in total. The van der Waals surface area contributed by atoms with Crippen molar-refractivity contribution in [3.05, 3.63) is 23.2 Å². The van der Waals surface area contributed by atoms with Crippen molar-refractivity contribution in [2.24, 2.45) is 0 Å². The highest BCUT2D eigenvalue weighted by molar-refractivity contribution is 6.30. The number of nitrogens with zero attached hydrogens (tertiary/aromatic N) is 1. The summed E-state index contributed by atoms with van der Waals surface area (Å²) in [5.74, 6) is 0.892. The normalized spacial score (nSPS) is 21.1. The molecule has 0 aromatic heterocycles. The Morgan fingerprint density at radius 1 is 1.41 bits per heavy atom. The summed E-state index contributed by atoms with van der Waals surface area (Å²) in [6.45, 7) is 5.30. The van der Waals surface area contributed by atoms with Crippen molar-refractivity contribution in [3.63, 3.8) is 0 Å². The monoisotopic (exact) mass is 254 g/mol. The van der Waals surface area contributed by atoms with E-state index >= 15 is 0 Å². The minimum absolute atomic E-state index is 0.498. The summed E-state index contributed by atoms with van der Waals surface area (Å²) >= 11 is 6.08. The standard InChI is InChI=1S/C13H19ClN2O/c1-10-5-6-15-7-8-16(10)12-9-11(14)3-4-13(12)17-2/h3-4,9-10,15H,5-8H2,1-2H3. The van der Waals surface area contributed by atoms with Crippen LogP contribution in [0.25, 0.3) is 0 Å². The van der Waals surface area contributed by atoms with Gasteiger partial charge in [-0.25, -0.2) is 0 Å². The molecule has 0 bridgehead atoms. The molecule has 17 heavy (non-hydrogen) atoms. The second-order valence-corrected chi connectivity index (χ2v) is 4.83. The summed E-state index contributed by atoms with van der Waals surface area (Å²) in [6, 6.07) is 6.28. The predicted octanol–water partition coefficient (Wildman–Crippen LogP) is 2.54. The molecule has 1 aromatic carbocycles. The molecule has 0 amide bonds. The van der Waals surface area contributed by atoms with Gasteiger partial charge >= 0.3 is 0 Å². The van der Waals surface area contributed by atoms with Crippen molar-refractivity contribution in [1.82, 2.24) is 5.32 Å². The maximum atomic E-state index is 6.08. The lowest BCUT2D eigenvalue weighted by Gasteiger charge is -2.30. The second-order valence-electron chi connectivity index (χ2n) is 4.40. The molecule has 0 spiro atoms. The molecule has 1 aliphatic rings. The Hall–Kier alpha value is -0.930. The second kappa shape index (κ2) is 5.61. The van der Waals surface area contributed by atoms with Gasteiger partial charge in [0, 0.05) is 24.2 Å². The van der Waals surface area contributed by atoms with Gasteiger partial charge in [0.2, 0.25) is 0 Å². The fraction of sp³-hybridized carbons (Fsp3) is 0.538. The minimum Gasteiger partial charge on any atom is -0.495 e. The number of hydrogen-bond acceptors (Lipinski definition) is 3. The van der Waals surface area contributed by atoms with E-state index in [1.807, 2.05) is 18.2 Å². The number of rotatable bonds is 2. The molecule has 1 aromatic rings. The number of ether oxygens (including phenoxy) is 1. The van der Waals surface area contributed by atoms with E-state index in [0.717, 1.165) is 42.5 Å². The minimum atomic E-state index is 0.498. The van der Waals surface area contributed by atoms with Gasteiger partial charge in [0.15, 0.2) is 0 Å². The van der Waals surface area contributed by atoms with Crippen LogP contribution in [0, 0.1) is 0 Å². The molecule has 3 nitrogen and oxygen atoms in total. The van der Waals surface area contributed by atoms with Crippen LogP contribution in [0.15, 0.2) is 18.2 Å². The highest BCUT2D eigenvalue weighted by Crippen LogP contribution is 2.33. The van der Waals surface area contributed by atoms with Gasteiger partial charge in [-0.1, -0.05) is 11.6 Å². The van der Waals surface area contributed by atoms with Crippen LogP contribution in [-0.2, 0) is 0 Å². The Kier molecular flexibility index (Phi) is 4.13. The molecular weight excluding hydrogens is 236 g/mol. The Labute approximate surface area is 108 Å². The van der Waals surface area contributed by atoms with Gasteiger partial charge in [0.05, 0.1) is 12.8 Å². The van der Waals surface area contributed by atoms with Crippen LogP contribution in [0.3, 0.4) is 0 Å². The van der Waals surface area contributed by atoms with Gasteiger partial charge in [-0.3, -0.25) is 0 Å². The molecular formula is C13H19ClN2O. The zero-order valence-electron chi connectivity index (χ0n) is 10.4. The van der Waals surface area contributed by atoms with Crippen LogP contribution in [0.2, 0.25) is 5.02 Å². The number of halogens is 1. The Bertz CT molecular complexity index is 384. The first-order valence-corrected chi connectivity index (χ1v) is 6.41. The van der Waals surface area contributed by atoms with E-state index in [-0.39, 0.29) is 0 Å². The third-order valence-corrected chi connectivity index (χ3v) is 3.49. The van der Waals surface area contributed by atoms with Crippen LogP contribution in [-0.4, -0.2) is 32.8 Å². The molecule has 1 fully saturated rings. The van der Waals surface area contributed by atoms with E-state index in [1.165, 1.54) is 0 Å². The van der Waals surface area contributed by atoms with Gasteiger partial charge in [-0.2, -0.15) is 0 Å². The summed E-state index contributed by atoms with van der Waals surface area (Å²) in [5, 5.41) is 4.17. The van der Waals surface area contributed by atoms with Crippen molar-refractivity contribution in [3.8, 4) is 5.75 Å². The van der Waals surface area contributed by atoms with Crippen molar-refractivity contribution < 1.29 is 4.74 Å². The quantitative estimate of drug-likeness (QED) is 0.878. The molecule has 1 saturated heterocycles. The lowest BCUT2D eigenvalue weighted by molar-refractivity contribution is 0.413. The lowest BCUT2D eigenvalue weighted by atomic mass is 10.1. The molecule has 1 atom stereocenters. The largest absolute Gasteiger partial charge is 0.495 e. The molecule has 94 valence electrons. The Balaban J connectivity index is 2.32. The first kappa shape index (κ1) is 12.5. The van der Waals surface area contributed by atoms with Crippen LogP contribution < -0.4 is 15.0 Å². The third-order valence-electron chi connectivity index (χ3n) is 3.25. The van der Waals surface area contributed by atoms with Gasteiger partial charge in [-0.15, -0.1) is 0 Å². The maximum Gasteiger partial charge on any atom is 0.142 e. The predicted molar refractivity (Wildman–Crippen MR) is 72.3 cm³/mol. The van der Waals surface area contributed by atoms with E-state index in [0.29, 0.717) is 6.04 Å². The van der Waals surface area contributed by atoms with E-state index in [4.69, 9.17) is 16.3 Å². The zero-order chi connectivity index (χ0) is 12.3. The van der Waals surface area contributed by atoms with Gasteiger partial charge < -0.3 is 15.0 Å². The van der Waals surface area contributed by atoms with Crippen LogP contribution in [0.5, 0.6) is 5.75 Å². The SMILES string of the molecule is COc1ccc(Cl)cc1N1CCNCCC1C. The smallest absolute Gasteiger partial charge is 0.142 e. The van der Waals surface area contributed by atoms with Crippen LogP contribution in [0.4, 0.5) is 5.69 Å². The van der Waals surface area contributed by atoms with E-state index in [2.05, 4.69) is 17.1 Å². The molecule has 4 heteroatoms. The molecule has 0 radical (unpaired) electrons. The summed E-state index contributed by atoms with van der Waals surface area (Å²) in [6.07, 6.45) is 1.13. The molecule has 1 aliphatic heterocycles. The summed E-state index contributed by atoms with van der Waals surface area (Å²) in [7, 11) is 1.70. The third kappa shape index (κ3) is 2.85. The number of hydrogen-bond donors (Lipinski definition) is 1. The van der Waals surface area contributed by atoms with E-state index < -0.39 is 0 Å². The maximum absolute atomic E-state index is 6.08. The molecule has 1 unspecified atom stereocenters. The first-order chi connectivity index (χ1) is 8.22. The van der Waals surface area contributed by atoms with Crippen molar-refractivity contribution in [1.29, 1.82) is 0 Å². The highest BCUT2D eigenvalue weighted by Gasteiger charge is 2.20. The summed E-state index contributed by atoms with van der Waals surface area (Å²) in [5.41, 5.74) is 1.09.